The molecule has 0 aromatic heterocycles. The molecular weight excluding hydrogens is 280 g/mol. The molecule has 0 rings (SSSR count). The van der Waals surface area contributed by atoms with Gasteiger partial charge in [-0.25, -0.2) is 0 Å². The van der Waals surface area contributed by atoms with Crippen LogP contribution in [0.3, 0.4) is 0 Å². The van der Waals surface area contributed by atoms with Gasteiger partial charge in [-0.2, -0.15) is 0 Å². The van der Waals surface area contributed by atoms with E-state index in [-0.39, 0.29) is 3.74 Å². The van der Waals surface area contributed by atoms with E-state index in [0.717, 1.165) is 0 Å². The van der Waals surface area contributed by atoms with Crippen molar-refractivity contribution in [3.8, 4) is 0 Å². The lowest BCUT2D eigenvalue weighted by molar-refractivity contribution is 0.426. The Kier molecular flexibility index (Phi) is 5.62. The molecule has 0 aromatic rings. The maximum atomic E-state index is 4.52. The molecule has 4 heteroatoms. The summed E-state index contributed by atoms with van der Waals surface area (Å²) < 4.78 is 4.78. The van der Waals surface area contributed by atoms with Crippen molar-refractivity contribution in [2.75, 3.05) is 6.61 Å². The zero-order valence-corrected chi connectivity index (χ0v) is 7.58. The SMILES string of the molecule is BrOCC(Br)Br. The molecule has 0 N–H and O–H groups in total. The van der Waals surface area contributed by atoms with Crippen molar-refractivity contribution in [1.29, 1.82) is 0 Å². The molecule has 0 unspecified atom stereocenters. The Labute approximate surface area is 62.1 Å². The van der Waals surface area contributed by atoms with Gasteiger partial charge < -0.3 is 3.83 Å². The Hall–Kier alpha value is 1.40. The van der Waals surface area contributed by atoms with Crippen molar-refractivity contribution in [3.05, 3.63) is 0 Å². The summed E-state index contributed by atoms with van der Waals surface area (Å²) in [6.07, 6.45) is 0. The highest BCUT2D eigenvalue weighted by Crippen LogP contribution is 2.08. The quantitative estimate of drug-likeness (QED) is 0.707. The molecule has 0 heterocycles. The van der Waals surface area contributed by atoms with Crippen LogP contribution in [0.25, 0.3) is 0 Å². The second kappa shape index (κ2) is 4.56. The van der Waals surface area contributed by atoms with E-state index in [1.54, 1.807) is 0 Å². The van der Waals surface area contributed by atoms with Crippen LogP contribution in [-0.4, -0.2) is 10.3 Å². The van der Waals surface area contributed by atoms with Crippen molar-refractivity contribution in [3.63, 3.8) is 0 Å². The first-order valence-electron chi connectivity index (χ1n) is 1.29. The molecule has 0 saturated carbocycles. The molecule has 0 aromatic carbocycles. The highest BCUT2D eigenvalue weighted by Gasteiger charge is 1.92. The van der Waals surface area contributed by atoms with Crippen LogP contribution < -0.4 is 0 Å². The topological polar surface area (TPSA) is 9.23 Å². The van der Waals surface area contributed by atoms with Crippen LogP contribution >= 0.6 is 48.1 Å². The van der Waals surface area contributed by atoms with Gasteiger partial charge in [-0.3, -0.25) is 0 Å². The second-order valence-corrected chi connectivity index (χ2v) is 4.56. The number of alkyl halides is 2. The van der Waals surface area contributed by atoms with Crippen LogP contribution in [0, 0.1) is 0 Å². The predicted octanol–water partition coefficient (Wildman–Crippen LogP) is 2.43. The summed E-state index contributed by atoms with van der Waals surface area (Å²) in [5.74, 6) is 0. The van der Waals surface area contributed by atoms with Gasteiger partial charge >= 0.3 is 0 Å². The molecule has 6 heavy (non-hydrogen) atoms. The highest BCUT2D eigenvalue weighted by atomic mass is 79.9. The van der Waals surface area contributed by atoms with Gasteiger partial charge in [-0.1, -0.05) is 31.9 Å². The third-order valence-electron chi connectivity index (χ3n) is 0.189. The molecule has 0 saturated heterocycles. The lowest BCUT2D eigenvalue weighted by atomic mass is 10.9. The molecule has 0 radical (unpaired) electrons. The fourth-order valence-electron chi connectivity index (χ4n) is 0.0476. The second-order valence-electron chi connectivity index (χ2n) is 0.667. The Morgan fingerprint density at radius 1 is 1.50 bits per heavy atom. The van der Waals surface area contributed by atoms with Crippen LogP contribution in [0.5, 0.6) is 0 Å². The largest absolute Gasteiger partial charge is 0.306 e. The van der Waals surface area contributed by atoms with Crippen molar-refractivity contribution < 1.29 is 3.83 Å². The number of hydrogen-bond acceptors (Lipinski definition) is 1. The standard InChI is InChI=1S/C2H3Br3O/c3-2(4)1-6-5/h2H,1H2. The minimum absolute atomic E-state index is 0.254. The van der Waals surface area contributed by atoms with E-state index in [1.807, 2.05) is 0 Å². The monoisotopic (exact) mass is 280 g/mol. The minimum Gasteiger partial charge on any atom is -0.306 e. The summed E-state index contributed by atoms with van der Waals surface area (Å²) in [7, 11) is 0. The molecule has 0 amide bonds. The van der Waals surface area contributed by atoms with Gasteiger partial charge in [0, 0.05) is 0 Å². The maximum Gasteiger partial charge on any atom is 0.0988 e. The molecule has 38 valence electrons. The molecule has 1 nitrogen and oxygen atoms in total. The van der Waals surface area contributed by atoms with Gasteiger partial charge in [-0.15, -0.1) is 0 Å². The first-order chi connectivity index (χ1) is 2.77. The van der Waals surface area contributed by atoms with E-state index < -0.39 is 0 Å². The molecule has 0 spiro atoms. The summed E-state index contributed by atoms with van der Waals surface area (Å²) >= 11 is 9.18. The Morgan fingerprint density at radius 3 is 2.00 bits per heavy atom. The third-order valence-corrected chi connectivity index (χ3v) is 0.982. The summed E-state index contributed by atoms with van der Waals surface area (Å²) in [6, 6.07) is 0. The first-order valence-corrected chi connectivity index (χ1v) is 3.77. The van der Waals surface area contributed by atoms with Gasteiger partial charge in [0.1, 0.15) is 0 Å². The van der Waals surface area contributed by atoms with E-state index in [1.165, 1.54) is 0 Å². The number of hydrogen-bond donors (Lipinski definition) is 0. The normalized spacial score (nSPS) is 10.0. The van der Waals surface area contributed by atoms with Crippen LogP contribution in [0.4, 0.5) is 0 Å². The average Bonchev–Trinajstić information content (AvgIpc) is 1.35. The van der Waals surface area contributed by atoms with Crippen molar-refractivity contribution in [1.82, 2.24) is 0 Å². The zero-order chi connectivity index (χ0) is 4.99. The fourth-order valence-corrected chi connectivity index (χ4v) is 1.29. The van der Waals surface area contributed by atoms with Gasteiger partial charge in [0.15, 0.2) is 0 Å². The van der Waals surface area contributed by atoms with E-state index in [2.05, 4.69) is 51.9 Å². The van der Waals surface area contributed by atoms with Crippen molar-refractivity contribution in [2.24, 2.45) is 0 Å². The van der Waals surface area contributed by atoms with Crippen LogP contribution in [-0.2, 0) is 3.83 Å². The van der Waals surface area contributed by atoms with Gasteiger partial charge in [0.2, 0.25) is 0 Å². The average molecular weight is 283 g/mol. The molecule has 0 bridgehead atoms. The smallest absolute Gasteiger partial charge is 0.0988 e. The Bertz CT molecular complexity index is 30.0. The predicted molar refractivity (Wildman–Crippen MR) is 36.5 cm³/mol. The van der Waals surface area contributed by atoms with Crippen molar-refractivity contribution in [2.45, 2.75) is 3.74 Å². The molecule has 0 aliphatic heterocycles. The number of rotatable bonds is 2. The van der Waals surface area contributed by atoms with Crippen LogP contribution in [0.15, 0.2) is 0 Å². The highest BCUT2D eigenvalue weighted by molar-refractivity contribution is 9.24. The van der Waals surface area contributed by atoms with E-state index in [9.17, 15) is 0 Å². The molecule has 0 aliphatic carbocycles. The zero-order valence-electron chi connectivity index (χ0n) is 2.83. The van der Waals surface area contributed by atoms with E-state index in [0.29, 0.717) is 6.61 Å². The van der Waals surface area contributed by atoms with Gasteiger partial charge in [-0.05, 0) is 0 Å². The van der Waals surface area contributed by atoms with Crippen LogP contribution in [0.1, 0.15) is 0 Å². The lowest BCUT2D eigenvalue weighted by Crippen LogP contribution is -1.91. The van der Waals surface area contributed by atoms with E-state index in [4.69, 9.17) is 0 Å². The first kappa shape index (κ1) is 7.40. The third kappa shape index (κ3) is 5.40. The molecule has 0 aliphatic rings. The van der Waals surface area contributed by atoms with Gasteiger partial charge in [0.05, 0.1) is 26.6 Å². The molecule has 0 atom stereocenters. The minimum atomic E-state index is 0.254. The summed E-state index contributed by atoms with van der Waals surface area (Å²) in [4.78, 5) is 0. The fraction of sp³-hybridized carbons (Fsp3) is 1.00. The van der Waals surface area contributed by atoms with E-state index >= 15 is 0 Å². The maximum absolute atomic E-state index is 4.52. The molecule has 0 fully saturated rings. The Balaban J connectivity index is 2.63. The number of halogens is 3. The summed E-state index contributed by atoms with van der Waals surface area (Å²) in [6.45, 7) is 0.625. The van der Waals surface area contributed by atoms with Gasteiger partial charge in [0.25, 0.3) is 0 Å². The van der Waals surface area contributed by atoms with Crippen molar-refractivity contribution >= 4 is 48.1 Å². The molecular formula is C2H3Br3O. The summed E-state index contributed by atoms with van der Waals surface area (Å²) in [5, 5.41) is 0. The Morgan fingerprint density at radius 2 is 2.00 bits per heavy atom. The summed E-state index contributed by atoms with van der Waals surface area (Å²) in [5.41, 5.74) is 0. The lowest BCUT2D eigenvalue weighted by Gasteiger charge is -1.91. The van der Waals surface area contributed by atoms with Crippen LogP contribution in [0.2, 0.25) is 0 Å².